The zero-order valence-corrected chi connectivity index (χ0v) is 16.7. The number of benzene rings is 1. The van der Waals surface area contributed by atoms with Crippen LogP contribution in [0.25, 0.3) is 10.2 Å². The van der Waals surface area contributed by atoms with E-state index in [1.54, 1.807) is 11.3 Å². The molecule has 0 spiro atoms. The van der Waals surface area contributed by atoms with Crippen LogP contribution in [0.3, 0.4) is 0 Å². The van der Waals surface area contributed by atoms with Crippen LogP contribution in [0.2, 0.25) is 0 Å². The van der Waals surface area contributed by atoms with Gasteiger partial charge in [-0.15, -0.1) is 11.3 Å². The van der Waals surface area contributed by atoms with Gasteiger partial charge in [0.15, 0.2) is 0 Å². The van der Waals surface area contributed by atoms with Gasteiger partial charge in [-0.05, 0) is 30.4 Å². The van der Waals surface area contributed by atoms with Crippen molar-refractivity contribution in [3.63, 3.8) is 0 Å². The Labute approximate surface area is 168 Å². The Hall–Kier alpha value is -2.60. The molecule has 2 aromatic heterocycles. The Morgan fingerprint density at radius 2 is 1.89 bits per heavy atom. The molecule has 5 nitrogen and oxygen atoms in total. The van der Waals surface area contributed by atoms with Crippen LogP contribution in [0, 0.1) is 0 Å². The average Bonchev–Trinajstić information content (AvgIpc) is 3.30. The fourth-order valence-electron chi connectivity index (χ4n) is 3.84. The van der Waals surface area contributed by atoms with Crippen LogP contribution in [0.1, 0.15) is 54.3 Å². The van der Waals surface area contributed by atoms with Crippen LogP contribution in [0.4, 0.5) is 0 Å². The van der Waals surface area contributed by atoms with E-state index >= 15 is 0 Å². The molecule has 0 aliphatic heterocycles. The third kappa shape index (κ3) is 3.83. The molecule has 6 heteroatoms. The second kappa shape index (κ2) is 8.19. The molecule has 0 radical (unpaired) electrons. The summed E-state index contributed by atoms with van der Waals surface area (Å²) in [5.74, 6) is -0.735. The zero-order valence-electron chi connectivity index (χ0n) is 15.9. The lowest BCUT2D eigenvalue weighted by atomic mass is 9.95. The van der Waals surface area contributed by atoms with Gasteiger partial charge in [0.05, 0.1) is 10.2 Å². The predicted octanol–water partition coefficient (Wildman–Crippen LogP) is 4.59. The molecule has 0 bridgehead atoms. The van der Waals surface area contributed by atoms with Crippen molar-refractivity contribution in [2.24, 2.45) is 7.05 Å². The topological polar surface area (TPSA) is 60.3 Å². The maximum Gasteiger partial charge on any atom is 0.356 e. The molecule has 1 aliphatic rings. The number of carbonyl (C=O) groups is 2. The summed E-state index contributed by atoms with van der Waals surface area (Å²) in [5, 5.41) is 5.08. The predicted molar refractivity (Wildman–Crippen MR) is 110 cm³/mol. The number of thiophene rings is 1. The molecule has 0 saturated heterocycles. The maximum absolute atomic E-state index is 13.0. The molecular weight excluding hydrogens is 372 g/mol. The van der Waals surface area contributed by atoms with E-state index in [1.165, 1.54) is 6.42 Å². The molecule has 4 rings (SSSR count). The van der Waals surface area contributed by atoms with E-state index in [0.717, 1.165) is 35.9 Å². The summed E-state index contributed by atoms with van der Waals surface area (Å²) < 4.78 is 8.58. The summed E-state index contributed by atoms with van der Waals surface area (Å²) >= 11 is 1.58. The maximum atomic E-state index is 13.0. The highest BCUT2D eigenvalue weighted by molar-refractivity contribution is 7.17. The van der Waals surface area contributed by atoms with E-state index in [9.17, 15) is 9.59 Å². The van der Waals surface area contributed by atoms with Gasteiger partial charge >= 0.3 is 5.97 Å². The molecule has 146 valence electrons. The molecular formula is C22H24N2O3S. The zero-order chi connectivity index (χ0) is 19.5. The summed E-state index contributed by atoms with van der Waals surface area (Å²) in [5.41, 5.74) is 2.12. The molecule has 1 atom stereocenters. The summed E-state index contributed by atoms with van der Waals surface area (Å²) in [4.78, 5) is 25.9. The number of aromatic nitrogens is 1. The van der Waals surface area contributed by atoms with Gasteiger partial charge in [0.2, 0.25) is 6.10 Å². The number of hydrogen-bond acceptors (Lipinski definition) is 4. The molecule has 3 aromatic rings. The van der Waals surface area contributed by atoms with Crippen molar-refractivity contribution < 1.29 is 14.3 Å². The molecule has 1 amide bonds. The van der Waals surface area contributed by atoms with Crippen molar-refractivity contribution in [1.82, 2.24) is 9.88 Å². The number of carbonyl (C=O) groups excluding carboxylic acids is 2. The van der Waals surface area contributed by atoms with Crippen molar-refractivity contribution in [3.8, 4) is 0 Å². The third-order valence-corrected chi connectivity index (χ3v) is 6.24. The number of fused-ring (bicyclic) bond motifs is 1. The van der Waals surface area contributed by atoms with Crippen LogP contribution in [-0.4, -0.2) is 22.5 Å². The number of esters is 1. The number of amides is 1. The lowest BCUT2D eigenvalue weighted by molar-refractivity contribution is -0.131. The van der Waals surface area contributed by atoms with E-state index < -0.39 is 12.1 Å². The Morgan fingerprint density at radius 3 is 2.61 bits per heavy atom. The fourth-order valence-corrected chi connectivity index (χ4v) is 4.69. The fraction of sp³-hybridized carbons (Fsp3) is 0.364. The number of rotatable bonds is 5. The highest BCUT2D eigenvalue weighted by Gasteiger charge is 2.29. The summed E-state index contributed by atoms with van der Waals surface area (Å²) in [7, 11) is 1.84. The molecule has 1 aromatic carbocycles. The number of ether oxygens (including phenoxy) is 1. The van der Waals surface area contributed by atoms with Gasteiger partial charge < -0.3 is 14.6 Å². The Kier molecular flexibility index (Phi) is 5.48. The van der Waals surface area contributed by atoms with Crippen LogP contribution in [0.15, 0.2) is 47.8 Å². The number of aryl methyl sites for hydroxylation is 1. The highest BCUT2D eigenvalue weighted by Crippen LogP contribution is 2.27. The molecule has 0 unspecified atom stereocenters. The first kappa shape index (κ1) is 18.7. The molecule has 28 heavy (non-hydrogen) atoms. The van der Waals surface area contributed by atoms with Crippen LogP contribution >= 0.6 is 11.3 Å². The molecule has 1 fully saturated rings. The minimum atomic E-state index is -0.955. The van der Waals surface area contributed by atoms with E-state index in [4.69, 9.17) is 4.74 Å². The van der Waals surface area contributed by atoms with Gasteiger partial charge in [0.1, 0.15) is 5.69 Å². The first-order chi connectivity index (χ1) is 13.6. The quantitative estimate of drug-likeness (QED) is 0.642. The third-order valence-electron chi connectivity index (χ3n) is 5.39. The van der Waals surface area contributed by atoms with E-state index in [2.05, 4.69) is 5.32 Å². The second-order valence-electron chi connectivity index (χ2n) is 7.30. The van der Waals surface area contributed by atoms with E-state index in [-0.39, 0.29) is 11.9 Å². The minimum Gasteiger partial charge on any atom is -0.443 e. The first-order valence-corrected chi connectivity index (χ1v) is 10.6. The number of nitrogens with one attached hydrogen (secondary N) is 1. The minimum absolute atomic E-state index is 0.159. The van der Waals surface area contributed by atoms with Gasteiger partial charge in [0.25, 0.3) is 5.91 Å². The molecule has 1 saturated carbocycles. The van der Waals surface area contributed by atoms with E-state index in [1.807, 2.05) is 59.5 Å². The Morgan fingerprint density at radius 1 is 1.14 bits per heavy atom. The Balaban J connectivity index is 1.56. The van der Waals surface area contributed by atoms with Crippen molar-refractivity contribution in [1.29, 1.82) is 0 Å². The van der Waals surface area contributed by atoms with Gasteiger partial charge in [-0.1, -0.05) is 49.6 Å². The average molecular weight is 397 g/mol. The van der Waals surface area contributed by atoms with Crippen molar-refractivity contribution >= 4 is 33.4 Å². The number of nitrogens with zero attached hydrogens (tertiary/aromatic N) is 1. The first-order valence-electron chi connectivity index (χ1n) is 9.72. The van der Waals surface area contributed by atoms with Crippen molar-refractivity contribution in [3.05, 3.63) is 59.1 Å². The lowest BCUT2D eigenvalue weighted by Crippen LogP contribution is -2.40. The molecule has 1 N–H and O–H groups in total. The molecule has 1 aliphatic carbocycles. The van der Waals surface area contributed by atoms with Crippen molar-refractivity contribution in [2.75, 3.05) is 0 Å². The number of hydrogen-bond donors (Lipinski definition) is 1. The van der Waals surface area contributed by atoms with Crippen LogP contribution < -0.4 is 5.32 Å². The van der Waals surface area contributed by atoms with Gasteiger partial charge in [-0.25, -0.2) is 4.79 Å². The van der Waals surface area contributed by atoms with Gasteiger partial charge in [-0.2, -0.15) is 0 Å². The Bertz CT molecular complexity index is 970. The van der Waals surface area contributed by atoms with Crippen LogP contribution in [-0.2, 0) is 16.6 Å². The normalized spacial score (nSPS) is 16.0. The van der Waals surface area contributed by atoms with Gasteiger partial charge in [0, 0.05) is 18.7 Å². The highest BCUT2D eigenvalue weighted by atomic mass is 32.1. The SMILES string of the molecule is Cn1c(C(=O)O[C@@H](C(=O)NC2CCCCC2)c2ccccc2)cc2sccc21. The summed E-state index contributed by atoms with van der Waals surface area (Å²) in [6.45, 7) is 0. The smallest absolute Gasteiger partial charge is 0.356 e. The van der Waals surface area contributed by atoms with Crippen LogP contribution in [0.5, 0.6) is 0 Å². The second-order valence-corrected chi connectivity index (χ2v) is 8.25. The summed E-state index contributed by atoms with van der Waals surface area (Å²) in [6.07, 6.45) is 4.48. The summed E-state index contributed by atoms with van der Waals surface area (Å²) in [6, 6.07) is 13.2. The largest absolute Gasteiger partial charge is 0.443 e. The van der Waals surface area contributed by atoms with E-state index in [0.29, 0.717) is 11.3 Å². The lowest BCUT2D eigenvalue weighted by Gasteiger charge is -2.25. The van der Waals surface area contributed by atoms with Crippen molar-refractivity contribution in [2.45, 2.75) is 44.2 Å². The molecule has 2 heterocycles. The standard InChI is InChI=1S/C22H24N2O3S/c1-24-17-12-13-28-19(17)14-18(24)22(26)27-20(15-8-4-2-5-9-15)21(25)23-16-10-6-3-7-11-16/h2,4-5,8-9,12-14,16,20H,3,6-7,10-11H2,1H3,(H,23,25)/t20-/m1/s1. The van der Waals surface area contributed by atoms with Gasteiger partial charge in [-0.3, -0.25) is 4.79 Å². The monoisotopic (exact) mass is 396 g/mol.